The SMILES string of the molecule is CC1CC(C)CN(S(=O)(=O)c2ccc(C(=O)N3CCN(c4ncccn4)CC3)cc2)C1. The maximum atomic E-state index is 13.0. The molecule has 2 fully saturated rings. The standard InChI is InChI=1S/C22H29N5O3S/c1-17-14-18(2)16-27(15-17)31(29,30)20-6-4-19(5-7-20)21(28)25-10-12-26(13-11-25)22-23-8-3-9-24-22/h3-9,17-18H,10-16H2,1-2H3. The number of piperazine rings is 1. The first-order valence-electron chi connectivity index (χ1n) is 10.8. The van der Waals surface area contributed by atoms with E-state index in [2.05, 4.69) is 28.7 Å². The Hall–Kier alpha value is -2.52. The smallest absolute Gasteiger partial charge is 0.253 e. The predicted molar refractivity (Wildman–Crippen MR) is 118 cm³/mol. The molecular formula is C22H29N5O3S. The molecule has 2 atom stereocenters. The number of rotatable bonds is 4. The van der Waals surface area contributed by atoms with Gasteiger partial charge in [-0.05, 0) is 48.6 Å². The van der Waals surface area contributed by atoms with Crippen LogP contribution in [0, 0.1) is 11.8 Å². The number of anilines is 1. The summed E-state index contributed by atoms with van der Waals surface area (Å²) in [5.41, 5.74) is 0.503. The number of hydrogen-bond acceptors (Lipinski definition) is 6. The second kappa shape index (κ2) is 8.92. The van der Waals surface area contributed by atoms with Gasteiger partial charge in [0.1, 0.15) is 0 Å². The number of nitrogens with zero attached hydrogens (tertiary/aromatic N) is 5. The number of aromatic nitrogens is 2. The summed E-state index contributed by atoms with van der Waals surface area (Å²) in [6, 6.07) is 8.14. The lowest BCUT2D eigenvalue weighted by atomic mass is 9.94. The fourth-order valence-corrected chi connectivity index (χ4v) is 6.15. The van der Waals surface area contributed by atoms with Crippen LogP contribution in [0.2, 0.25) is 0 Å². The molecule has 0 spiro atoms. The number of hydrogen-bond donors (Lipinski definition) is 0. The van der Waals surface area contributed by atoms with Crippen molar-refractivity contribution < 1.29 is 13.2 Å². The summed E-state index contributed by atoms with van der Waals surface area (Å²) in [6.07, 6.45) is 4.46. The first-order chi connectivity index (χ1) is 14.8. The Kier molecular flexibility index (Phi) is 6.24. The van der Waals surface area contributed by atoms with E-state index >= 15 is 0 Å². The Balaban J connectivity index is 1.41. The molecule has 1 aromatic heterocycles. The third-order valence-corrected chi connectivity index (χ3v) is 7.82. The van der Waals surface area contributed by atoms with Gasteiger partial charge in [0.15, 0.2) is 0 Å². The highest BCUT2D eigenvalue weighted by Crippen LogP contribution is 2.27. The minimum absolute atomic E-state index is 0.0854. The van der Waals surface area contributed by atoms with Crippen molar-refractivity contribution in [1.82, 2.24) is 19.2 Å². The molecule has 0 saturated carbocycles. The number of carbonyl (C=O) groups is 1. The van der Waals surface area contributed by atoms with Gasteiger partial charge in [0.25, 0.3) is 5.91 Å². The van der Waals surface area contributed by atoms with Crippen molar-refractivity contribution in [2.75, 3.05) is 44.2 Å². The molecule has 31 heavy (non-hydrogen) atoms. The summed E-state index contributed by atoms with van der Waals surface area (Å²) in [5, 5.41) is 0. The molecule has 166 valence electrons. The van der Waals surface area contributed by atoms with Crippen LogP contribution in [0.15, 0.2) is 47.6 Å². The van der Waals surface area contributed by atoms with Crippen molar-refractivity contribution in [3.63, 3.8) is 0 Å². The van der Waals surface area contributed by atoms with Crippen LogP contribution in [0.3, 0.4) is 0 Å². The lowest BCUT2D eigenvalue weighted by molar-refractivity contribution is 0.0746. The van der Waals surface area contributed by atoms with Crippen LogP contribution in [0.5, 0.6) is 0 Å². The van der Waals surface area contributed by atoms with E-state index in [1.54, 1.807) is 51.9 Å². The first kappa shape index (κ1) is 21.7. The first-order valence-corrected chi connectivity index (χ1v) is 12.2. The van der Waals surface area contributed by atoms with E-state index < -0.39 is 10.0 Å². The molecule has 4 rings (SSSR count). The molecule has 9 heteroatoms. The van der Waals surface area contributed by atoms with Gasteiger partial charge in [0, 0.05) is 57.2 Å². The summed E-state index contributed by atoms with van der Waals surface area (Å²) >= 11 is 0. The van der Waals surface area contributed by atoms with E-state index in [-0.39, 0.29) is 10.8 Å². The second-order valence-electron chi connectivity index (χ2n) is 8.62. The molecule has 0 N–H and O–H groups in total. The lowest BCUT2D eigenvalue weighted by Crippen LogP contribution is -2.49. The number of benzene rings is 1. The normalized spacial score (nSPS) is 23.0. The number of piperidine rings is 1. The zero-order valence-electron chi connectivity index (χ0n) is 18.0. The highest BCUT2D eigenvalue weighted by molar-refractivity contribution is 7.89. The highest BCUT2D eigenvalue weighted by atomic mass is 32.2. The van der Waals surface area contributed by atoms with Crippen molar-refractivity contribution in [2.24, 2.45) is 11.8 Å². The van der Waals surface area contributed by atoms with Gasteiger partial charge in [0.2, 0.25) is 16.0 Å². The fraction of sp³-hybridized carbons (Fsp3) is 0.500. The van der Waals surface area contributed by atoms with Gasteiger partial charge in [-0.2, -0.15) is 4.31 Å². The fourth-order valence-electron chi connectivity index (χ4n) is 4.47. The largest absolute Gasteiger partial charge is 0.337 e. The van der Waals surface area contributed by atoms with Crippen molar-refractivity contribution in [3.05, 3.63) is 48.3 Å². The number of carbonyl (C=O) groups excluding carboxylic acids is 1. The van der Waals surface area contributed by atoms with Crippen molar-refractivity contribution in [2.45, 2.75) is 25.2 Å². The predicted octanol–water partition coefficient (Wildman–Crippen LogP) is 2.11. The monoisotopic (exact) mass is 443 g/mol. The summed E-state index contributed by atoms with van der Waals surface area (Å²) in [5.74, 6) is 1.28. The van der Waals surface area contributed by atoms with Gasteiger partial charge >= 0.3 is 0 Å². The Morgan fingerprint density at radius 1 is 0.935 bits per heavy atom. The van der Waals surface area contributed by atoms with Crippen LogP contribution in [0.25, 0.3) is 0 Å². The Labute approximate surface area is 183 Å². The van der Waals surface area contributed by atoms with Crippen LogP contribution in [-0.4, -0.2) is 72.8 Å². The molecule has 2 aromatic rings. The minimum Gasteiger partial charge on any atom is -0.337 e. The molecule has 2 saturated heterocycles. The molecular weight excluding hydrogens is 414 g/mol. The summed E-state index contributed by atoms with van der Waals surface area (Å²) in [7, 11) is -3.55. The quantitative estimate of drug-likeness (QED) is 0.719. The molecule has 0 bridgehead atoms. The molecule has 1 aromatic carbocycles. The molecule has 1 amide bonds. The third kappa shape index (κ3) is 4.72. The third-order valence-electron chi connectivity index (χ3n) is 5.98. The van der Waals surface area contributed by atoms with Gasteiger partial charge in [-0.1, -0.05) is 13.8 Å². The van der Waals surface area contributed by atoms with E-state index in [0.29, 0.717) is 62.6 Å². The van der Waals surface area contributed by atoms with Crippen molar-refractivity contribution >= 4 is 21.9 Å². The zero-order valence-corrected chi connectivity index (χ0v) is 18.8. The van der Waals surface area contributed by atoms with Gasteiger partial charge < -0.3 is 9.80 Å². The van der Waals surface area contributed by atoms with Gasteiger partial charge in [-0.15, -0.1) is 0 Å². The van der Waals surface area contributed by atoms with Crippen LogP contribution in [0.4, 0.5) is 5.95 Å². The summed E-state index contributed by atoms with van der Waals surface area (Å²) in [4.78, 5) is 25.5. The Morgan fingerprint density at radius 2 is 1.52 bits per heavy atom. The van der Waals surface area contributed by atoms with Crippen LogP contribution in [-0.2, 0) is 10.0 Å². The average Bonchev–Trinajstić information content (AvgIpc) is 2.79. The second-order valence-corrected chi connectivity index (χ2v) is 10.6. The van der Waals surface area contributed by atoms with Crippen LogP contribution >= 0.6 is 0 Å². The van der Waals surface area contributed by atoms with Gasteiger partial charge in [-0.3, -0.25) is 4.79 Å². The summed E-state index contributed by atoms with van der Waals surface area (Å²) < 4.78 is 27.7. The summed E-state index contributed by atoms with van der Waals surface area (Å²) in [6.45, 7) is 7.72. The van der Waals surface area contributed by atoms with Crippen molar-refractivity contribution in [3.8, 4) is 0 Å². The van der Waals surface area contributed by atoms with Crippen LogP contribution < -0.4 is 4.90 Å². The van der Waals surface area contributed by atoms with E-state index in [1.807, 2.05) is 0 Å². The maximum absolute atomic E-state index is 13.0. The average molecular weight is 444 g/mol. The maximum Gasteiger partial charge on any atom is 0.253 e. The van der Waals surface area contributed by atoms with E-state index in [4.69, 9.17) is 0 Å². The molecule has 8 nitrogen and oxygen atoms in total. The molecule has 2 aliphatic rings. The molecule has 2 aliphatic heterocycles. The Bertz CT molecular complexity index is 995. The molecule has 2 unspecified atom stereocenters. The number of sulfonamides is 1. The van der Waals surface area contributed by atoms with Gasteiger partial charge in [-0.25, -0.2) is 18.4 Å². The zero-order chi connectivity index (χ0) is 22.0. The van der Waals surface area contributed by atoms with E-state index in [9.17, 15) is 13.2 Å². The van der Waals surface area contributed by atoms with Crippen molar-refractivity contribution in [1.29, 1.82) is 0 Å². The molecule has 0 radical (unpaired) electrons. The Morgan fingerprint density at radius 3 is 2.10 bits per heavy atom. The topological polar surface area (TPSA) is 86.7 Å². The number of amides is 1. The van der Waals surface area contributed by atoms with Gasteiger partial charge in [0.05, 0.1) is 4.90 Å². The van der Waals surface area contributed by atoms with E-state index in [0.717, 1.165) is 6.42 Å². The van der Waals surface area contributed by atoms with E-state index in [1.165, 1.54) is 0 Å². The van der Waals surface area contributed by atoms with Crippen LogP contribution in [0.1, 0.15) is 30.6 Å². The molecule has 0 aliphatic carbocycles. The lowest BCUT2D eigenvalue weighted by Gasteiger charge is -2.35. The minimum atomic E-state index is -3.55. The molecule has 3 heterocycles. The highest BCUT2D eigenvalue weighted by Gasteiger charge is 2.32.